The van der Waals surface area contributed by atoms with E-state index in [1.165, 1.54) is 13.8 Å². The molecular formula is C36H51N7O6. The van der Waals surface area contributed by atoms with Gasteiger partial charge >= 0.3 is 0 Å². The summed E-state index contributed by atoms with van der Waals surface area (Å²) >= 11 is 0. The van der Waals surface area contributed by atoms with Gasteiger partial charge in [-0.15, -0.1) is 0 Å². The first-order chi connectivity index (χ1) is 23.4. The van der Waals surface area contributed by atoms with Crippen LogP contribution in [0.2, 0.25) is 0 Å². The highest BCUT2D eigenvalue weighted by Crippen LogP contribution is 2.21. The van der Waals surface area contributed by atoms with Gasteiger partial charge in [-0.3, -0.25) is 24.0 Å². The second-order valence-corrected chi connectivity index (χ2v) is 12.6. The minimum Gasteiger partial charge on any atom is -0.391 e. The molecule has 5 amide bonds. The third kappa shape index (κ3) is 13.7. The lowest BCUT2D eigenvalue weighted by atomic mass is 9.97. The van der Waals surface area contributed by atoms with Crippen molar-refractivity contribution in [1.29, 1.82) is 0 Å². The summed E-state index contributed by atoms with van der Waals surface area (Å²) in [6, 6.07) is 15.3. The summed E-state index contributed by atoms with van der Waals surface area (Å²) in [5.41, 5.74) is 14.0. The van der Waals surface area contributed by atoms with Gasteiger partial charge < -0.3 is 42.8 Å². The van der Waals surface area contributed by atoms with Crippen LogP contribution in [0.4, 0.5) is 0 Å². The summed E-state index contributed by atoms with van der Waals surface area (Å²) in [7, 11) is 0. The predicted molar refractivity (Wildman–Crippen MR) is 188 cm³/mol. The van der Waals surface area contributed by atoms with E-state index in [1.807, 2.05) is 60.8 Å². The average Bonchev–Trinajstić information content (AvgIpc) is 3.44. The maximum absolute atomic E-state index is 13.8. The van der Waals surface area contributed by atoms with Gasteiger partial charge in [-0.25, -0.2) is 0 Å². The molecule has 1 heterocycles. The van der Waals surface area contributed by atoms with Gasteiger partial charge in [0.15, 0.2) is 0 Å². The maximum atomic E-state index is 13.8. The lowest BCUT2D eigenvalue weighted by Gasteiger charge is -2.25. The number of nitrogens with one attached hydrogen (secondary N) is 5. The Morgan fingerprint density at radius 2 is 1.53 bits per heavy atom. The van der Waals surface area contributed by atoms with Crippen molar-refractivity contribution in [3.05, 3.63) is 71.9 Å². The molecule has 2 aromatic carbocycles. The van der Waals surface area contributed by atoms with Crippen LogP contribution in [0.25, 0.3) is 10.9 Å². The van der Waals surface area contributed by atoms with Crippen molar-refractivity contribution in [2.24, 2.45) is 17.4 Å². The average molecular weight is 678 g/mol. The Labute approximate surface area is 287 Å². The van der Waals surface area contributed by atoms with Crippen LogP contribution in [-0.2, 0) is 36.8 Å². The minimum absolute atomic E-state index is 0.0194. The number of amides is 5. The number of aromatic amines is 1. The fraction of sp³-hybridized carbons (Fsp3) is 0.472. The van der Waals surface area contributed by atoms with Gasteiger partial charge in [0.05, 0.1) is 18.1 Å². The summed E-state index contributed by atoms with van der Waals surface area (Å²) in [5.74, 6) is -2.64. The molecule has 266 valence electrons. The number of carbonyl (C=O) groups excluding carboxylic acids is 5. The van der Waals surface area contributed by atoms with Crippen LogP contribution >= 0.6 is 0 Å². The number of aliphatic hydroxyl groups is 1. The number of primary amides is 1. The molecular weight excluding hydrogens is 626 g/mol. The monoisotopic (exact) mass is 677 g/mol. The molecule has 49 heavy (non-hydrogen) atoms. The molecule has 0 saturated carbocycles. The molecule has 0 aliphatic rings. The van der Waals surface area contributed by atoms with Crippen molar-refractivity contribution in [1.82, 2.24) is 26.3 Å². The van der Waals surface area contributed by atoms with Crippen molar-refractivity contribution < 1.29 is 29.1 Å². The summed E-state index contributed by atoms with van der Waals surface area (Å²) in [6.07, 6.45) is 3.18. The molecule has 13 nitrogen and oxygen atoms in total. The Kier molecular flexibility index (Phi) is 15.7. The van der Waals surface area contributed by atoms with Crippen molar-refractivity contribution in [3.8, 4) is 0 Å². The number of unbranched alkanes of at least 4 members (excludes halogenated alkanes) is 1. The minimum atomic E-state index is -0.954. The highest BCUT2D eigenvalue weighted by atomic mass is 16.3. The summed E-state index contributed by atoms with van der Waals surface area (Å²) < 4.78 is 0. The van der Waals surface area contributed by atoms with Crippen molar-refractivity contribution in [2.75, 3.05) is 13.1 Å². The third-order valence-electron chi connectivity index (χ3n) is 8.36. The normalized spacial score (nSPS) is 14.2. The van der Waals surface area contributed by atoms with Crippen molar-refractivity contribution in [3.63, 3.8) is 0 Å². The number of benzene rings is 2. The molecule has 0 bridgehead atoms. The molecule has 3 rings (SSSR count). The number of aliphatic hydroxyl groups excluding tert-OH is 1. The molecule has 0 spiro atoms. The fourth-order valence-electron chi connectivity index (χ4n) is 5.86. The summed E-state index contributed by atoms with van der Waals surface area (Å²) in [5, 5.41) is 22.3. The van der Waals surface area contributed by atoms with E-state index >= 15 is 0 Å². The van der Waals surface area contributed by atoms with Crippen LogP contribution < -0.4 is 32.7 Å². The van der Waals surface area contributed by atoms with Gasteiger partial charge in [0.2, 0.25) is 29.5 Å². The van der Waals surface area contributed by atoms with E-state index in [2.05, 4.69) is 26.3 Å². The number of hydrogen-bond donors (Lipinski definition) is 8. The summed E-state index contributed by atoms with van der Waals surface area (Å²) in [4.78, 5) is 66.7. The molecule has 1 aromatic heterocycles. The quantitative estimate of drug-likeness (QED) is 0.0772. The molecule has 3 aromatic rings. The third-order valence-corrected chi connectivity index (χ3v) is 8.36. The van der Waals surface area contributed by atoms with E-state index in [0.717, 1.165) is 22.0 Å². The highest BCUT2D eigenvalue weighted by molar-refractivity contribution is 5.85. The number of hydrogen-bond acceptors (Lipinski definition) is 7. The van der Waals surface area contributed by atoms with Gasteiger partial charge in [0.25, 0.3) is 0 Å². The molecule has 5 atom stereocenters. The maximum Gasteiger partial charge on any atom is 0.225 e. The predicted octanol–water partition coefficient (Wildman–Crippen LogP) is 1.33. The number of rotatable bonds is 21. The van der Waals surface area contributed by atoms with Gasteiger partial charge in [0, 0.05) is 61.9 Å². The second kappa shape index (κ2) is 19.9. The number of H-pyrrole nitrogens is 1. The van der Waals surface area contributed by atoms with Gasteiger partial charge in [-0.2, -0.15) is 0 Å². The standard InChI is InChI=1S/C36H51N7O6/c1-23(44)32(41-24(2)45)20-34(47)40-21-26(12-8-9-15-37)36(49)43-29(17-27-22-39-31-14-7-6-13-30(27)31)19-35(48)42-28(18-33(38)46)16-25-10-4-3-5-11-25/h3-7,10-11,13-14,22-23,26,28-29,32,39,44H,8-9,12,15-21,37H2,1-2H3,(H2,38,46)(H,40,47)(H,41,45)(H,42,48)(H,43,49)/t23-,26+,28+,29+,32-/m1/s1. The number of nitrogens with two attached hydrogens (primary N) is 2. The highest BCUT2D eigenvalue weighted by Gasteiger charge is 2.27. The lowest BCUT2D eigenvalue weighted by Crippen LogP contribution is -2.48. The van der Waals surface area contributed by atoms with Crippen LogP contribution in [0.1, 0.15) is 63.5 Å². The Hall–Kier alpha value is -4.75. The summed E-state index contributed by atoms with van der Waals surface area (Å²) in [6.45, 7) is 3.26. The Balaban J connectivity index is 1.77. The molecule has 0 aliphatic heterocycles. The number of fused-ring (bicyclic) bond motifs is 1. The van der Waals surface area contributed by atoms with Crippen molar-refractivity contribution >= 4 is 40.4 Å². The number of aromatic nitrogens is 1. The number of para-hydroxylation sites is 1. The smallest absolute Gasteiger partial charge is 0.225 e. The van der Waals surface area contributed by atoms with E-state index in [0.29, 0.717) is 38.6 Å². The molecule has 0 saturated heterocycles. The fourth-order valence-corrected chi connectivity index (χ4v) is 5.86. The lowest BCUT2D eigenvalue weighted by molar-refractivity contribution is -0.127. The SMILES string of the molecule is CC(=O)N[C@H](CC(=O)NC[C@H](CCCCN)C(=O)N[C@H](CC(=O)N[C@H](CC(N)=O)Cc1ccccc1)Cc1c[nH]c2ccccc12)[C@@H](C)O. The molecule has 0 radical (unpaired) electrons. The van der Waals surface area contributed by atoms with E-state index in [1.54, 1.807) is 0 Å². The van der Waals surface area contributed by atoms with E-state index in [-0.39, 0.29) is 43.5 Å². The van der Waals surface area contributed by atoms with E-state index in [9.17, 15) is 29.1 Å². The Morgan fingerprint density at radius 1 is 0.837 bits per heavy atom. The molecule has 0 aliphatic carbocycles. The number of carbonyl (C=O) groups is 5. The first-order valence-corrected chi connectivity index (χ1v) is 16.8. The van der Waals surface area contributed by atoms with Crippen LogP contribution in [0.3, 0.4) is 0 Å². The molecule has 13 heteroatoms. The molecule has 10 N–H and O–H groups in total. The topological polar surface area (TPSA) is 222 Å². The largest absolute Gasteiger partial charge is 0.391 e. The van der Waals surface area contributed by atoms with Crippen molar-refractivity contribution in [2.45, 2.75) is 89.4 Å². The van der Waals surface area contributed by atoms with Gasteiger partial charge in [-0.1, -0.05) is 55.0 Å². The van der Waals surface area contributed by atoms with Crippen LogP contribution in [0.5, 0.6) is 0 Å². The van der Waals surface area contributed by atoms with Crippen LogP contribution in [-0.4, -0.2) is 76.9 Å². The van der Waals surface area contributed by atoms with E-state index < -0.39 is 42.0 Å². The van der Waals surface area contributed by atoms with Crippen LogP contribution in [0.15, 0.2) is 60.8 Å². The zero-order chi connectivity index (χ0) is 35.8. The first kappa shape index (κ1) is 38.7. The van der Waals surface area contributed by atoms with Gasteiger partial charge in [0.1, 0.15) is 0 Å². The van der Waals surface area contributed by atoms with Gasteiger partial charge in [-0.05, 0) is 56.3 Å². The first-order valence-electron chi connectivity index (χ1n) is 16.8. The van der Waals surface area contributed by atoms with Crippen LogP contribution in [0, 0.1) is 5.92 Å². The molecule has 0 fully saturated rings. The molecule has 0 unspecified atom stereocenters. The Bertz CT molecular complexity index is 1530. The zero-order valence-corrected chi connectivity index (χ0v) is 28.4. The zero-order valence-electron chi connectivity index (χ0n) is 28.4. The second-order valence-electron chi connectivity index (χ2n) is 12.6. The Morgan fingerprint density at radius 3 is 2.20 bits per heavy atom. The van der Waals surface area contributed by atoms with E-state index in [4.69, 9.17) is 11.5 Å².